The van der Waals surface area contributed by atoms with Gasteiger partial charge in [-0.2, -0.15) is 4.58 Å². The van der Waals surface area contributed by atoms with Crippen molar-refractivity contribution in [3.63, 3.8) is 0 Å². The molecule has 0 spiro atoms. The van der Waals surface area contributed by atoms with Crippen molar-refractivity contribution in [3.8, 4) is 0 Å². The standard InChI is InChI=1S/C33H41IN2O2/c1-6-9-18-35(19-10-7-2)25-15-12-23(13-16-25)30-31(37)26(32(30)38)22-29-33(4,5)27-21-24(34)14-17-28(27)36(29)20-11-8-3/h12-17,21-22H,6-11,18-20H2,1-5H3. The summed E-state index contributed by atoms with van der Waals surface area (Å²) in [4.78, 5) is 15.8. The van der Waals surface area contributed by atoms with Gasteiger partial charge in [0.2, 0.25) is 5.69 Å². The highest BCUT2D eigenvalue weighted by molar-refractivity contribution is 14.1. The Bertz CT molecular complexity index is 1280. The maximum atomic E-state index is 13.4. The number of carbonyl (C=O) groups is 1. The minimum absolute atomic E-state index is 0.138. The lowest BCUT2D eigenvalue weighted by Gasteiger charge is -2.31. The van der Waals surface area contributed by atoms with Crippen LogP contribution in [-0.4, -0.2) is 35.7 Å². The fraction of sp³-hybridized carbons (Fsp3) is 0.455. The molecule has 0 amide bonds. The van der Waals surface area contributed by atoms with Gasteiger partial charge >= 0.3 is 0 Å². The van der Waals surface area contributed by atoms with Gasteiger partial charge in [0.25, 0.3) is 0 Å². The van der Waals surface area contributed by atoms with E-state index in [1.54, 1.807) is 0 Å². The molecule has 4 rings (SSSR count). The quantitative estimate of drug-likeness (QED) is 0.143. The van der Waals surface area contributed by atoms with E-state index in [4.69, 9.17) is 0 Å². The van der Waals surface area contributed by atoms with Crippen LogP contribution in [0.2, 0.25) is 0 Å². The molecule has 0 fully saturated rings. The second-order valence-corrected chi connectivity index (χ2v) is 12.3. The Morgan fingerprint density at radius 2 is 1.58 bits per heavy atom. The van der Waals surface area contributed by atoms with Gasteiger partial charge in [0.05, 0.1) is 5.41 Å². The molecule has 0 bridgehead atoms. The Morgan fingerprint density at radius 3 is 2.16 bits per heavy atom. The molecule has 4 nitrogen and oxygen atoms in total. The molecule has 1 aliphatic heterocycles. The topological polar surface area (TPSA) is 46.4 Å². The fourth-order valence-electron chi connectivity index (χ4n) is 5.51. The van der Waals surface area contributed by atoms with Gasteiger partial charge in [-0.25, -0.2) is 0 Å². The number of carbonyl (C=O) groups excluding carboxylic acids is 1. The van der Waals surface area contributed by atoms with Crippen LogP contribution in [0.5, 0.6) is 0 Å². The van der Waals surface area contributed by atoms with Crippen LogP contribution in [0.4, 0.5) is 11.4 Å². The third kappa shape index (κ3) is 5.49. The van der Waals surface area contributed by atoms with Crippen molar-refractivity contribution in [2.75, 3.05) is 24.5 Å². The Labute approximate surface area is 242 Å². The number of Topliss-reactive ketones (excluding diaryl/α,β-unsaturated/α-hetero) is 1. The second kappa shape index (κ2) is 12.2. The van der Waals surface area contributed by atoms with Crippen LogP contribution in [0.25, 0.3) is 5.57 Å². The summed E-state index contributed by atoms with van der Waals surface area (Å²) < 4.78 is 3.51. The van der Waals surface area contributed by atoms with Crippen molar-refractivity contribution in [2.45, 2.75) is 78.6 Å². The number of halogens is 1. The van der Waals surface area contributed by atoms with Gasteiger partial charge in [-0.15, -0.1) is 0 Å². The van der Waals surface area contributed by atoms with Crippen molar-refractivity contribution in [3.05, 3.63) is 74.6 Å². The summed E-state index contributed by atoms with van der Waals surface area (Å²) in [6.07, 6.45) is 8.64. The molecule has 2 aromatic carbocycles. The molecule has 202 valence electrons. The van der Waals surface area contributed by atoms with Crippen molar-refractivity contribution < 1.29 is 14.5 Å². The minimum atomic E-state index is -0.282. The maximum Gasteiger partial charge on any atom is 0.209 e. The van der Waals surface area contributed by atoms with Crippen LogP contribution in [-0.2, 0) is 10.2 Å². The monoisotopic (exact) mass is 624 g/mol. The highest BCUT2D eigenvalue weighted by Crippen LogP contribution is 2.43. The van der Waals surface area contributed by atoms with Gasteiger partial charge in [0.15, 0.2) is 11.5 Å². The SMILES string of the molecule is CCCCN(CCCC)c1ccc(C2=C([O-])C(=CC3=[N+](CCCC)c4ccc(I)cc4C3(C)C)C2=O)cc1. The van der Waals surface area contributed by atoms with E-state index in [1.807, 2.05) is 18.2 Å². The molecule has 2 aliphatic rings. The predicted octanol–water partition coefficient (Wildman–Crippen LogP) is 7.15. The number of ketones is 1. The average molecular weight is 625 g/mol. The first-order chi connectivity index (χ1) is 18.2. The molecule has 0 N–H and O–H groups in total. The van der Waals surface area contributed by atoms with E-state index < -0.39 is 0 Å². The Kier molecular flexibility index (Phi) is 9.17. The number of unbranched alkanes of at least 4 members (excludes halogenated alkanes) is 3. The average Bonchev–Trinajstić information content (AvgIpc) is 3.11. The zero-order chi connectivity index (χ0) is 27.4. The molecule has 0 saturated carbocycles. The highest BCUT2D eigenvalue weighted by atomic mass is 127. The summed E-state index contributed by atoms with van der Waals surface area (Å²) in [6, 6.07) is 14.6. The van der Waals surface area contributed by atoms with Crippen molar-refractivity contribution in [1.82, 2.24) is 0 Å². The summed E-state index contributed by atoms with van der Waals surface area (Å²) in [5.41, 5.74) is 5.71. The first-order valence-electron chi connectivity index (χ1n) is 14.2. The fourth-order valence-corrected chi connectivity index (χ4v) is 6.01. The van der Waals surface area contributed by atoms with Gasteiger partial charge in [-0.3, -0.25) is 4.79 Å². The summed E-state index contributed by atoms with van der Waals surface area (Å²) in [5, 5.41) is 13.4. The normalized spacial score (nSPS) is 17.3. The molecule has 1 heterocycles. The summed E-state index contributed by atoms with van der Waals surface area (Å²) in [5.74, 6) is -0.276. The zero-order valence-corrected chi connectivity index (χ0v) is 25.7. The molecule has 0 saturated heterocycles. The van der Waals surface area contributed by atoms with E-state index in [2.05, 4.69) is 97.0 Å². The molecule has 0 aromatic heterocycles. The summed E-state index contributed by atoms with van der Waals surface area (Å²) >= 11 is 2.35. The third-order valence-electron chi connectivity index (χ3n) is 7.90. The number of rotatable bonds is 12. The number of allylic oxidation sites excluding steroid dienone is 3. The van der Waals surface area contributed by atoms with Crippen LogP contribution in [0, 0.1) is 3.57 Å². The largest absolute Gasteiger partial charge is 0.871 e. The first kappa shape index (κ1) is 28.6. The molecule has 38 heavy (non-hydrogen) atoms. The van der Waals surface area contributed by atoms with Crippen LogP contribution in [0.3, 0.4) is 0 Å². The minimum Gasteiger partial charge on any atom is -0.871 e. The van der Waals surface area contributed by atoms with Crippen LogP contribution in [0.1, 0.15) is 84.3 Å². The van der Waals surface area contributed by atoms with E-state index in [0.29, 0.717) is 11.1 Å². The number of anilines is 1. The lowest BCUT2D eigenvalue weighted by atomic mass is 9.77. The molecule has 2 aromatic rings. The lowest BCUT2D eigenvalue weighted by Crippen LogP contribution is -2.33. The maximum absolute atomic E-state index is 13.4. The van der Waals surface area contributed by atoms with Crippen molar-refractivity contribution in [2.24, 2.45) is 0 Å². The summed E-state index contributed by atoms with van der Waals surface area (Å²) in [6.45, 7) is 13.9. The van der Waals surface area contributed by atoms with Crippen LogP contribution >= 0.6 is 22.6 Å². The number of fused-ring (bicyclic) bond motifs is 1. The summed E-state index contributed by atoms with van der Waals surface area (Å²) in [7, 11) is 0. The van der Waals surface area contributed by atoms with Crippen LogP contribution in [0.15, 0.2) is 59.9 Å². The highest BCUT2D eigenvalue weighted by Gasteiger charge is 2.45. The number of hydrogen-bond acceptors (Lipinski definition) is 3. The molecule has 0 atom stereocenters. The molecular formula is C33H41IN2O2. The van der Waals surface area contributed by atoms with Crippen molar-refractivity contribution >= 4 is 51.0 Å². The van der Waals surface area contributed by atoms with E-state index in [9.17, 15) is 9.90 Å². The van der Waals surface area contributed by atoms with Gasteiger partial charge in [0, 0.05) is 57.6 Å². The zero-order valence-electron chi connectivity index (χ0n) is 23.6. The molecular weight excluding hydrogens is 583 g/mol. The smallest absolute Gasteiger partial charge is 0.209 e. The second-order valence-electron chi connectivity index (χ2n) is 11.0. The third-order valence-corrected chi connectivity index (χ3v) is 8.57. The van der Waals surface area contributed by atoms with E-state index in [-0.39, 0.29) is 17.0 Å². The molecule has 0 radical (unpaired) electrons. The molecule has 5 heteroatoms. The molecule has 0 unspecified atom stereocenters. The lowest BCUT2D eigenvalue weighted by molar-refractivity contribution is -0.438. The van der Waals surface area contributed by atoms with Crippen LogP contribution < -0.4 is 10.0 Å². The Hall–Kier alpha value is -2.41. The van der Waals surface area contributed by atoms with Gasteiger partial charge in [-0.1, -0.05) is 57.9 Å². The van der Waals surface area contributed by atoms with Gasteiger partial charge in [0.1, 0.15) is 6.54 Å². The number of nitrogens with zero attached hydrogens (tertiary/aromatic N) is 2. The van der Waals surface area contributed by atoms with E-state index in [1.165, 1.54) is 14.8 Å². The number of benzene rings is 2. The van der Waals surface area contributed by atoms with E-state index in [0.717, 1.165) is 75.1 Å². The van der Waals surface area contributed by atoms with E-state index >= 15 is 0 Å². The predicted molar refractivity (Wildman–Crippen MR) is 165 cm³/mol. The Balaban J connectivity index is 1.65. The first-order valence-corrected chi connectivity index (χ1v) is 15.3. The van der Waals surface area contributed by atoms with Gasteiger partial charge in [-0.05, 0) is 79.1 Å². The number of hydrogen-bond donors (Lipinski definition) is 0. The Morgan fingerprint density at radius 1 is 0.947 bits per heavy atom. The van der Waals surface area contributed by atoms with Gasteiger partial charge < -0.3 is 10.0 Å². The molecule has 1 aliphatic carbocycles. The van der Waals surface area contributed by atoms with Crippen molar-refractivity contribution in [1.29, 1.82) is 0 Å².